The Morgan fingerprint density at radius 2 is 2.04 bits per heavy atom. The minimum atomic E-state index is -1.14. The van der Waals surface area contributed by atoms with Crippen LogP contribution in [-0.2, 0) is 14.4 Å². The number of carboxylic acids is 1. The minimum absolute atomic E-state index is 0.0309. The van der Waals surface area contributed by atoms with Crippen LogP contribution in [0.25, 0.3) is 0 Å². The van der Waals surface area contributed by atoms with Gasteiger partial charge in [0.25, 0.3) is 5.91 Å². The molecule has 3 atom stereocenters. The second kappa shape index (κ2) is 6.05. The normalized spacial score (nSPS) is 24.1. The number of carbonyl (C=O) groups is 3. The Balaban J connectivity index is 1.68. The summed E-state index contributed by atoms with van der Waals surface area (Å²) in [6.07, 6.45) is 1.50. The molecule has 2 aliphatic heterocycles. The third kappa shape index (κ3) is 2.71. The Morgan fingerprint density at radius 3 is 2.70 bits per heavy atom. The molecule has 8 heteroatoms. The zero-order valence-corrected chi connectivity index (χ0v) is 12.8. The molecule has 1 aromatic carbocycles. The maximum atomic E-state index is 12.2. The molecule has 120 valence electrons. The number of hydrogen-bond acceptors (Lipinski definition) is 5. The molecule has 3 rings (SSSR count). The third-order valence-corrected chi connectivity index (χ3v) is 4.99. The maximum absolute atomic E-state index is 12.2. The lowest BCUT2D eigenvalue weighted by Crippen LogP contribution is -2.70. The standard InChI is InChI=1S/C15H15N3O4S/c16-10(8-4-2-1-3-5-8)12(19)17-11-13(20)18-9(15(21)22)6-7-23-14(11)18/h1-6,10-11,14H,7,16H2,(H,17,19)(H,21,22)/t10-,11?,14-/m1/s1. The van der Waals surface area contributed by atoms with Gasteiger partial charge in [-0.1, -0.05) is 30.3 Å². The predicted octanol–water partition coefficient (Wildman–Crippen LogP) is 0.0548. The van der Waals surface area contributed by atoms with E-state index >= 15 is 0 Å². The van der Waals surface area contributed by atoms with Crippen molar-refractivity contribution in [1.82, 2.24) is 10.2 Å². The summed E-state index contributed by atoms with van der Waals surface area (Å²) >= 11 is 1.41. The van der Waals surface area contributed by atoms with E-state index in [0.717, 1.165) is 0 Å². The first-order valence-electron chi connectivity index (χ1n) is 6.99. The Labute approximate surface area is 136 Å². The van der Waals surface area contributed by atoms with Gasteiger partial charge in [-0.25, -0.2) is 4.79 Å². The van der Waals surface area contributed by atoms with Crippen LogP contribution in [0.15, 0.2) is 42.1 Å². The van der Waals surface area contributed by atoms with Crippen molar-refractivity contribution >= 4 is 29.5 Å². The van der Waals surface area contributed by atoms with Crippen LogP contribution in [0.5, 0.6) is 0 Å². The first-order valence-corrected chi connectivity index (χ1v) is 8.04. The summed E-state index contributed by atoms with van der Waals surface area (Å²) < 4.78 is 0. The zero-order chi connectivity index (χ0) is 16.6. The van der Waals surface area contributed by atoms with Gasteiger partial charge in [0.1, 0.15) is 23.2 Å². The third-order valence-electron chi connectivity index (χ3n) is 3.80. The van der Waals surface area contributed by atoms with Crippen molar-refractivity contribution in [3.05, 3.63) is 47.7 Å². The number of rotatable bonds is 4. The molecule has 2 amide bonds. The van der Waals surface area contributed by atoms with Gasteiger partial charge in [0.15, 0.2) is 0 Å². The number of β-lactam (4-membered cyclic amide) rings is 1. The van der Waals surface area contributed by atoms with Gasteiger partial charge in [-0.15, -0.1) is 11.8 Å². The van der Waals surface area contributed by atoms with E-state index in [4.69, 9.17) is 10.8 Å². The fourth-order valence-corrected chi connectivity index (χ4v) is 3.79. The lowest BCUT2D eigenvalue weighted by Gasteiger charge is -2.48. The van der Waals surface area contributed by atoms with Crippen LogP contribution >= 0.6 is 11.8 Å². The van der Waals surface area contributed by atoms with Crippen LogP contribution in [0.1, 0.15) is 11.6 Å². The molecule has 0 saturated carbocycles. The van der Waals surface area contributed by atoms with Crippen LogP contribution in [0.2, 0.25) is 0 Å². The van der Waals surface area contributed by atoms with Crippen molar-refractivity contribution in [2.45, 2.75) is 17.5 Å². The topological polar surface area (TPSA) is 113 Å². The van der Waals surface area contributed by atoms with Gasteiger partial charge in [-0.3, -0.25) is 14.5 Å². The van der Waals surface area contributed by atoms with E-state index < -0.39 is 35.2 Å². The summed E-state index contributed by atoms with van der Waals surface area (Å²) in [5.41, 5.74) is 6.52. The first-order chi connectivity index (χ1) is 11.0. The van der Waals surface area contributed by atoms with Crippen molar-refractivity contribution in [3.8, 4) is 0 Å². The number of benzene rings is 1. The van der Waals surface area contributed by atoms with Gasteiger partial charge in [-0.2, -0.15) is 0 Å². The van der Waals surface area contributed by atoms with E-state index in [9.17, 15) is 14.4 Å². The van der Waals surface area contributed by atoms with E-state index in [1.807, 2.05) is 6.07 Å². The minimum Gasteiger partial charge on any atom is -0.477 e. The molecular weight excluding hydrogens is 318 g/mol. The second-order valence-corrected chi connectivity index (χ2v) is 6.35. The number of carboxylic acid groups (broad SMARTS) is 1. The highest BCUT2D eigenvalue weighted by molar-refractivity contribution is 8.00. The number of thioether (sulfide) groups is 1. The molecule has 0 aliphatic carbocycles. The Morgan fingerprint density at radius 1 is 1.35 bits per heavy atom. The molecule has 2 aliphatic rings. The number of amides is 2. The molecule has 1 aromatic rings. The molecule has 1 saturated heterocycles. The van der Waals surface area contributed by atoms with E-state index in [2.05, 4.69) is 5.32 Å². The number of aliphatic carboxylic acids is 1. The van der Waals surface area contributed by atoms with Crippen molar-refractivity contribution in [3.63, 3.8) is 0 Å². The Kier molecular flexibility index (Phi) is 4.10. The summed E-state index contributed by atoms with van der Waals surface area (Å²) in [5.74, 6) is -1.55. The first kappa shape index (κ1) is 15.6. The van der Waals surface area contributed by atoms with Crippen molar-refractivity contribution in [2.24, 2.45) is 5.73 Å². The smallest absolute Gasteiger partial charge is 0.352 e. The van der Waals surface area contributed by atoms with E-state index in [1.54, 1.807) is 24.3 Å². The van der Waals surface area contributed by atoms with E-state index in [0.29, 0.717) is 11.3 Å². The largest absolute Gasteiger partial charge is 0.477 e. The highest BCUT2D eigenvalue weighted by Crippen LogP contribution is 2.37. The van der Waals surface area contributed by atoms with Crippen LogP contribution in [0, 0.1) is 0 Å². The fourth-order valence-electron chi connectivity index (χ4n) is 2.59. The number of carbonyl (C=O) groups excluding carboxylic acids is 2. The molecule has 2 heterocycles. The SMILES string of the molecule is N[C@@H](C(=O)NC1C(=O)N2C(C(=O)O)=CCS[C@H]12)c1ccccc1. The quantitative estimate of drug-likeness (QED) is 0.671. The average Bonchev–Trinajstić information content (AvgIpc) is 2.58. The molecule has 0 aromatic heterocycles. The van der Waals surface area contributed by atoms with Crippen LogP contribution in [-0.4, -0.2) is 45.0 Å². The number of fused-ring (bicyclic) bond motifs is 1. The van der Waals surface area contributed by atoms with Gasteiger partial charge in [-0.05, 0) is 11.6 Å². The summed E-state index contributed by atoms with van der Waals surface area (Å²) in [7, 11) is 0. The average molecular weight is 333 g/mol. The maximum Gasteiger partial charge on any atom is 0.352 e. The molecule has 0 spiro atoms. The van der Waals surface area contributed by atoms with Crippen LogP contribution in [0.4, 0.5) is 0 Å². The molecule has 1 fully saturated rings. The molecule has 0 radical (unpaired) electrons. The number of nitrogens with one attached hydrogen (secondary N) is 1. The highest BCUT2D eigenvalue weighted by Gasteiger charge is 2.52. The number of hydrogen-bond donors (Lipinski definition) is 3. The lowest BCUT2D eigenvalue weighted by atomic mass is 10.0. The number of nitrogens with two attached hydrogens (primary N) is 1. The summed E-state index contributed by atoms with van der Waals surface area (Å²) in [6.45, 7) is 0. The molecule has 7 nitrogen and oxygen atoms in total. The van der Waals surface area contributed by atoms with Crippen molar-refractivity contribution in [1.29, 1.82) is 0 Å². The van der Waals surface area contributed by atoms with Crippen LogP contribution in [0.3, 0.4) is 0 Å². The fraction of sp³-hybridized carbons (Fsp3) is 0.267. The summed E-state index contributed by atoms with van der Waals surface area (Å²) in [4.78, 5) is 36.7. The van der Waals surface area contributed by atoms with Crippen molar-refractivity contribution < 1.29 is 19.5 Å². The molecule has 0 bridgehead atoms. The van der Waals surface area contributed by atoms with E-state index in [-0.39, 0.29) is 5.70 Å². The summed E-state index contributed by atoms with van der Waals surface area (Å²) in [5, 5.41) is 11.3. The van der Waals surface area contributed by atoms with Gasteiger partial charge >= 0.3 is 5.97 Å². The highest BCUT2D eigenvalue weighted by atomic mass is 32.2. The van der Waals surface area contributed by atoms with Gasteiger partial charge in [0.2, 0.25) is 5.91 Å². The molecule has 23 heavy (non-hydrogen) atoms. The molecular formula is C15H15N3O4S. The van der Waals surface area contributed by atoms with E-state index in [1.165, 1.54) is 22.7 Å². The van der Waals surface area contributed by atoms with Gasteiger partial charge in [0.05, 0.1) is 0 Å². The van der Waals surface area contributed by atoms with Gasteiger partial charge in [0, 0.05) is 5.75 Å². The van der Waals surface area contributed by atoms with Crippen LogP contribution < -0.4 is 11.1 Å². The molecule has 1 unspecified atom stereocenters. The zero-order valence-electron chi connectivity index (χ0n) is 12.0. The Bertz CT molecular complexity index is 691. The molecule has 4 N–H and O–H groups in total. The monoisotopic (exact) mass is 333 g/mol. The summed E-state index contributed by atoms with van der Waals surface area (Å²) in [6, 6.07) is 7.23. The van der Waals surface area contributed by atoms with Crippen molar-refractivity contribution in [2.75, 3.05) is 5.75 Å². The lowest BCUT2D eigenvalue weighted by molar-refractivity contribution is -0.150. The Hall–Kier alpha value is -2.32. The predicted molar refractivity (Wildman–Crippen MR) is 84.1 cm³/mol. The number of nitrogens with zero attached hydrogens (tertiary/aromatic N) is 1. The van der Waals surface area contributed by atoms with Gasteiger partial charge < -0.3 is 16.2 Å². The second-order valence-electron chi connectivity index (χ2n) is 5.20.